The molecule has 8 heteroatoms. The van der Waals surface area contributed by atoms with Crippen LogP contribution in [-0.4, -0.2) is 11.2 Å². The molecule has 3 rings (SSSR count). The van der Waals surface area contributed by atoms with Gasteiger partial charge in [-0.1, -0.05) is 18.2 Å². The molecule has 2 aromatic heterocycles. The predicted molar refractivity (Wildman–Crippen MR) is 92.8 cm³/mol. The molecule has 124 valence electrons. The number of rotatable bonds is 4. The van der Waals surface area contributed by atoms with E-state index in [1.54, 1.807) is 11.3 Å². The number of aromatic nitrogens is 1. The number of anilines is 1. The summed E-state index contributed by atoms with van der Waals surface area (Å²) in [6.45, 7) is 1.98. The highest BCUT2D eigenvalue weighted by molar-refractivity contribution is 7.17. The Morgan fingerprint density at radius 3 is 2.54 bits per heavy atom. The van der Waals surface area contributed by atoms with E-state index >= 15 is 0 Å². The maximum absolute atomic E-state index is 12.5. The third-order valence-corrected chi connectivity index (χ3v) is 4.92. The predicted octanol–water partition coefficient (Wildman–Crippen LogP) is 5.64. The summed E-state index contributed by atoms with van der Waals surface area (Å²) in [7, 11) is 0. The second-order valence-electron chi connectivity index (χ2n) is 4.89. The fourth-order valence-corrected chi connectivity index (χ4v) is 3.62. The van der Waals surface area contributed by atoms with E-state index in [0.29, 0.717) is 10.7 Å². The van der Waals surface area contributed by atoms with Crippen molar-refractivity contribution in [2.75, 3.05) is 5.43 Å². The van der Waals surface area contributed by atoms with E-state index in [1.807, 2.05) is 24.4 Å². The van der Waals surface area contributed by atoms with Gasteiger partial charge in [0.25, 0.3) is 0 Å². The average Bonchev–Trinajstić information content (AvgIpc) is 3.16. The van der Waals surface area contributed by atoms with Gasteiger partial charge in [-0.05, 0) is 36.1 Å². The van der Waals surface area contributed by atoms with Gasteiger partial charge in [0.2, 0.25) is 5.13 Å². The first-order valence-electron chi connectivity index (χ1n) is 6.91. The minimum atomic E-state index is -4.33. The lowest BCUT2D eigenvalue weighted by Crippen LogP contribution is -2.04. The van der Waals surface area contributed by atoms with Crippen LogP contribution in [0.3, 0.4) is 0 Å². The van der Waals surface area contributed by atoms with E-state index in [1.165, 1.54) is 29.7 Å². The second-order valence-corrected chi connectivity index (χ2v) is 7.04. The molecule has 0 aliphatic carbocycles. The van der Waals surface area contributed by atoms with Crippen LogP contribution in [-0.2, 0) is 6.18 Å². The molecule has 0 saturated heterocycles. The molecule has 0 amide bonds. The Hall–Kier alpha value is -2.19. The summed E-state index contributed by atoms with van der Waals surface area (Å²) >= 11 is 3.09. The SMILES string of the molecule is Cc1sc(N/N=C\c2ccc(C(F)(F)F)cc2)nc1-c1cccs1. The Morgan fingerprint density at radius 1 is 1.17 bits per heavy atom. The molecule has 0 fully saturated rings. The number of benzene rings is 1. The van der Waals surface area contributed by atoms with Crippen molar-refractivity contribution < 1.29 is 13.2 Å². The van der Waals surface area contributed by atoms with E-state index in [0.717, 1.165) is 27.6 Å². The van der Waals surface area contributed by atoms with Crippen molar-refractivity contribution in [3.05, 3.63) is 57.8 Å². The molecule has 1 aromatic carbocycles. The monoisotopic (exact) mass is 367 g/mol. The first-order chi connectivity index (χ1) is 11.4. The minimum absolute atomic E-state index is 0.572. The Balaban J connectivity index is 1.67. The van der Waals surface area contributed by atoms with Crippen molar-refractivity contribution in [3.63, 3.8) is 0 Å². The fraction of sp³-hybridized carbons (Fsp3) is 0.125. The van der Waals surface area contributed by atoms with Crippen LogP contribution in [0.25, 0.3) is 10.6 Å². The molecule has 1 N–H and O–H groups in total. The van der Waals surface area contributed by atoms with Crippen molar-refractivity contribution in [3.8, 4) is 10.6 Å². The van der Waals surface area contributed by atoms with Crippen LogP contribution < -0.4 is 5.43 Å². The zero-order chi connectivity index (χ0) is 17.2. The van der Waals surface area contributed by atoms with E-state index in [4.69, 9.17) is 0 Å². The number of hydrogen-bond donors (Lipinski definition) is 1. The number of alkyl halides is 3. The lowest BCUT2D eigenvalue weighted by atomic mass is 10.1. The molecule has 0 spiro atoms. The van der Waals surface area contributed by atoms with Gasteiger partial charge in [-0.2, -0.15) is 18.3 Å². The van der Waals surface area contributed by atoms with Gasteiger partial charge in [0.1, 0.15) is 0 Å². The molecule has 3 nitrogen and oxygen atoms in total. The zero-order valence-corrected chi connectivity index (χ0v) is 14.1. The lowest BCUT2D eigenvalue weighted by Gasteiger charge is -2.05. The molecule has 0 radical (unpaired) electrons. The fourth-order valence-electron chi connectivity index (χ4n) is 2.01. The van der Waals surface area contributed by atoms with E-state index in [2.05, 4.69) is 15.5 Å². The van der Waals surface area contributed by atoms with E-state index in [9.17, 15) is 13.2 Å². The Bertz CT molecular complexity index is 835. The summed E-state index contributed by atoms with van der Waals surface area (Å²) in [5.41, 5.74) is 3.63. The number of thiazole rings is 1. The minimum Gasteiger partial charge on any atom is -0.253 e. The molecule has 3 aromatic rings. The van der Waals surface area contributed by atoms with Crippen LogP contribution >= 0.6 is 22.7 Å². The Labute approximate surface area is 144 Å². The summed E-state index contributed by atoms with van der Waals surface area (Å²) < 4.78 is 37.5. The highest BCUT2D eigenvalue weighted by Crippen LogP contribution is 2.33. The van der Waals surface area contributed by atoms with Gasteiger partial charge >= 0.3 is 6.18 Å². The zero-order valence-electron chi connectivity index (χ0n) is 12.5. The molecule has 0 saturated carbocycles. The Morgan fingerprint density at radius 2 is 1.92 bits per heavy atom. The topological polar surface area (TPSA) is 37.3 Å². The summed E-state index contributed by atoms with van der Waals surface area (Å²) in [4.78, 5) is 6.65. The number of nitrogens with zero attached hydrogens (tertiary/aromatic N) is 2. The lowest BCUT2D eigenvalue weighted by molar-refractivity contribution is -0.137. The van der Waals surface area contributed by atoms with Crippen molar-refractivity contribution >= 4 is 34.0 Å². The van der Waals surface area contributed by atoms with Crippen LogP contribution in [0.4, 0.5) is 18.3 Å². The van der Waals surface area contributed by atoms with Gasteiger partial charge < -0.3 is 0 Å². The van der Waals surface area contributed by atoms with Crippen LogP contribution in [0.5, 0.6) is 0 Å². The average molecular weight is 367 g/mol. The van der Waals surface area contributed by atoms with Crippen molar-refractivity contribution in [1.29, 1.82) is 0 Å². The highest BCUT2D eigenvalue weighted by atomic mass is 32.1. The second kappa shape index (κ2) is 6.74. The third kappa shape index (κ3) is 3.82. The van der Waals surface area contributed by atoms with Crippen molar-refractivity contribution in [2.24, 2.45) is 5.10 Å². The van der Waals surface area contributed by atoms with Gasteiger partial charge in [-0.25, -0.2) is 4.98 Å². The quantitative estimate of drug-likeness (QED) is 0.478. The number of aryl methyl sites for hydroxylation is 1. The van der Waals surface area contributed by atoms with Gasteiger partial charge in [0.15, 0.2) is 0 Å². The highest BCUT2D eigenvalue weighted by Gasteiger charge is 2.29. The molecule has 0 bridgehead atoms. The smallest absolute Gasteiger partial charge is 0.253 e. The first kappa shape index (κ1) is 16.7. The number of halogens is 3. The number of thiophene rings is 1. The van der Waals surface area contributed by atoms with Crippen LogP contribution in [0.15, 0.2) is 46.9 Å². The molecule has 0 atom stereocenters. The molecule has 0 unspecified atom stereocenters. The first-order valence-corrected chi connectivity index (χ1v) is 8.61. The van der Waals surface area contributed by atoms with Gasteiger partial charge in [-0.3, -0.25) is 5.43 Å². The molecular weight excluding hydrogens is 355 g/mol. The van der Waals surface area contributed by atoms with Crippen molar-refractivity contribution in [1.82, 2.24) is 4.98 Å². The van der Waals surface area contributed by atoms with Gasteiger partial charge in [0.05, 0.1) is 22.3 Å². The van der Waals surface area contributed by atoms with Gasteiger partial charge in [-0.15, -0.1) is 22.7 Å². The van der Waals surface area contributed by atoms with Gasteiger partial charge in [0, 0.05) is 4.88 Å². The largest absolute Gasteiger partial charge is 0.416 e. The molecule has 0 aliphatic rings. The summed E-state index contributed by atoms with van der Waals surface area (Å²) in [6.07, 6.45) is -2.87. The maximum atomic E-state index is 12.5. The van der Waals surface area contributed by atoms with Crippen LogP contribution in [0, 0.1) is 6.92 Å². The third-order valence-electron chi connectivity index (χ3n) is 3.16. The van der Waals surface area contributed by atoms with E-state index < -0.39 is 11.7 Å². The van der Waals surface area contributed by atoms with Crippen LogP contribution in [0.2, 0.25) is 0 Å². The van der Waals surface area contributed by atoms with Crippen molar-refractivity contribution in [2.45, 2.75) is 13.1 Å². The number of hydrazone groups is 1. The summed E-state index contributed by atoms with van der Waals surface area (Å²) in [6, 6.07) is 8.78. The summed E-state index contributed by atoms with van der Waals surface area (Å²) in [5.74, 6) is 0. The number of hydrogen-bond acceptors (Lipinski definition) is 5. The number of nitrogens with one attached hydrogen (secondary N) is 1. The Kier molecular flexibility index (Phi) is 4.68. The molecule has 0 aliphatic heterocycles. The van der Waals surface area contributed by atoms with E-state index in [-0.39, 0.29) is 0 Å². The molecular formula is C16H12F3N3S2. The molecule has 24 heavy (non-hydrogen) atoms. The maximum Gasteiger partial charge on any atom is 0.416 e. The normalized spacial score (nSPS) is 12.0. The molecule has 2 heterocycles. The summed E-state index contributed by atoms with van der Waals surface area (Å²) in [5, 5.41) is 6.66. The van der Waals surface area contributed by atoms with Crippen LogP contribution in [0.1, 0.15) is 16.0 Å². The standard InChI is InChI=1S/C16H12F3N3S2/c1-10-14(13-3-2-8-23-13)21-15(24-10)22-20-9-11-4-6-12(7-5-11)16(17,18)19/h2-9H,1H3,(H,21,22)/b20-9-.